The van der Waals surface area contributed by atoms with Crippen LogP contribution in [0.1, 0.15) is 16.7 Å². The molecule has 2 rings (SSSR count). The Hall–Kier alpha value is -2.16. The molecule has 0 aromatic heterocycles. The van der Waals surface area contributed by atoms with E-state index < -0.39 is 0 Å². The van der Waals surface area contributed by atoms with E-state index in [1.54, 1.807) is 25.2 Å². The van der Waals surface area contributed by atoms with E-state index in [-0.39, 0.29) is 34.6 Å². The van der Waals surface area contributed by atoms with Crippen molar-refractivity contribution < 1.29 is 4.92 Å². The lowest BCUT2D eigenvalue weighted by atomic mass is 10.1. The van der Waals surface area contributed by atoms with Gasteiger partial charge in [-0.15, -0.1) is 24.0 Å². The molecule has 0 saturated heterocycles. The number of hydrogen-bond donors (Lipinski definition) is 2. The second-order valence-electron chi connectivity index (χ2n) is 5.15. The van der Waals surface area contributed by atoms with Gasteiger partial charge in [-0.3, -0.25) is 15.1 Å². The zero-order valence-electron chi connectivity index (χ0n) is 13.7. The number of nitro benzene ring substituents is 1. The monoisotopic (exact) mass is 440 g/mol. The zero-order chi connectivity index (χ0) is 16.7. The van der Waals surface area contributed by atoms with Crippen LogP contribution in [-0.4, -0.2) is 17.9 Å². The van der Waals surface area contributed by atoms with Gasteiger partial charge in [0.15, 0.2) is 5.96 Å². The topological polar surface area (TPSA) is 79.6 Å². The van der Waals surface area contributed by atoms with Crippen molar-refractivity contribution in [3.05, 3.63) is 75.3 Å². The van der Waals surface area contributed by atoms with E-state index in [1.165, 1.54) is 11.6 Å². The number of guanidine groups is 1. The van der Waals surface area contributed by atoms with Crippen LogP contribution in [0.3, 0.4) is 0 Å². The number of benzene rings is 2. The highest BCUT2D eigenvalue weighted by molar-refractivity contribution is 14.0. The van der Waals surface area contributed by atoms with Gasteiger partial charge in [-0.2, -0.15) is 0 Å². The van der Waals surface area contributed by atoms with Gasteiger partial charge in [0.25, 0.3) is 5.69 Å². The maximum absolute atomic E-state index is 11.0. The number of nitro groups is 1. The van der Waals surface area contributed by atoms with E-state index in [0.29, 0.717) is 24.6 Å². The molecule has 7 heteroatoms. The number of rotatable bonds is 5. The molecule has 0 spiro atoms. The number of nitrogens with zero attached hydrogens (tertiary/aromatic N) is 2. The molecule has 6 nitrogen and oxygen atoms in total. The third-order valence-electron chi connectivity index (χ3n) is 3.44. The van der Waals surface area contributed by atoms with Gasteiger partial charge in [-0.05, 0) is 12.5 Å². The molecular formula is C17H21IN4O2. The molecule has 128 valence electrons. The first-order chi connectivity index (χ1) is 11.1. The summed E-state index contributed by atoms with van der Waals surface area (Å²) in [7, 11) is 1.67. The van der Waals surface area contributed by atoms with Crippen molar-refractivity contribution in [1.82, 2.24) is 10.6 Å². The molecule has 0 heterocycles. The Morgan fingerprint density at radius 2 is 1.71 bits per heavy atom. The standard InChI is InChI=1S/C17H20N4O2.HI/c1-13-7-9-14(10-8-13)11-19-17(18-2)20-12-15-5-3-4-6-16(15)21(22)23;/h3-10H,11-12H2,1-2H3,(H2,18,19,20);1H. The van der Waals surface area contributed by atoms with Crippen molar-refractivity contribution in [2.75, 3.05) is 7.05 Å². The first-order valence-corrected chi connectivity index (χ1v) is 7.32. The smallest absolute Gasteiger partial charge is 0.274 e. The Kier molecular flexibility index (Phi) is 8.17. The van der Waals surface area contributed by atoms with Gasteiger partial charge < -0.3 is 10.6 Å². The molecular weight excluding hydrogens is 419 g/mol. The molecule has 0 radical (unpaired) electrons. The molecule has 0 amide bonds. The first-order valence-electron chi connectivity index (χ1n) is 7.32. The highest BCUT2D eigenvalue weighted by atomic mass is 127. The fraction of sp³-hybridized carbons (Fsp3) is 0.235. The summed E-state index contributed by atoms with van der Waals surface area (Å²) in [5.41, 5.74) is 3.08. The van der Waals surface area contributed by atoms with Gasteiger partial charge in [0.2, 0.25) is 0 Å². The van der Waals surface area contributed by atoms with Crippen LogP contribution in [0, 0.1) is 17.0 Å². The molecule has 24 heavy (non-hydrogen) atoms. The number of halogens is 1. The minimum Gasteiger partial charge on any atom is -0.352 e. The zero-order valence-corrected chi connectivity index (χ0v) is 16.0. The van der Waals surface area contributed by atoms with Crippen LogP contribution in [0.25, 0.3) is 0 Å². The molecule has 0 fully saturated rings. The summed E-state index contributed by atoms with van der Waals surface area (Å²) >= 11 is 0. The van der Waals surface area contributed by atoms with Crippen LogP contribution in [0.15, 0.2) is 53.5 Å². The molecule has 0 unspecified atom stereocenters. The predicted molar refractivity (Wildman–Crippen MR) is 107 cm³/mol. The van der Waals surface area contributed by atoms with Crippen LogP contribution in [-0.2, 0) is 13.1 Å². The highest BCUT2D eigenvalue weighted by Crippen LogP contribution is 2.16. The summed E-state index contributed by atoms with van der Waals surface area (Å²) in [5.74, 6) is 0.601. The van der Waals surface area contributed by atoms with Gasteiger partial charge in [-0.25, -0.2) is 0 Å². The van der Waals surface area contributed by atoms with Crippen LogP contribution in [0.4, 0.5) is 5.69 Å². The van der Waals surface area contributed by atoms with Gasteiger partial charge >= 0.3 is 0 Å². The van der Waals surface area contributed by atoms with E-state index in [1.807, 2.05) is 6.92 Å². The summed E-state index contributed by atoms with van der Waals surface area (Å²) in [6, 6.07) is 14.9. The van der Waals surface area contributed by atoms with Crippen molar-refractivity contribution in [2.45, 2.75) is 20.0 Å². The Balaban J connectivity index is 0.00000288. The van der Waals surface area contributed by atoms with Crippen LogP contribution < -0.4 is 10.6 Å². The van der Waals surface area contributed by atoms with E-state index >= 15 is 0 Å². The first kappa shape index (κ1) is 19.9. The van der Waals surface area contributed by atoms with E-state index in [9.17, 15) is 10.1 Å². The Morgan fingerprint density at radius 1 is 1.08 bits per heavy atom. The maximum atomic E-state index is 11.0. The molecule has 2 N–H and O–H groups in total. The molecule has 0 aliphatic carbocycles. The summed E-state index contributed by atoms with van der Waals surface area (Å²) in [6.45, 7) is 3.02. The fourth-order valence-corrected chi connectivity index (χ4v) is 2.13. The number of nitrogens with one attached hydrogen (secondary N) is 2. The third-order valence-corrected chi connectivity index (χ3v) is 3.44. The summed E-state index contributed by atoms with van der Waals surface area (Å²) in [6.07, 6.45) is 0. The van der Waals surface area contributed by atoms with Crippen molar-refractivity contribution in [3.63, 3.8) is 0 Å². The van der Waals surface area contributed by atoms with Gasteiger partial charge in [0.1, 0.15) is 0 Å². The Bertz CT molecular complexity index is 702. The minimum absolute atomic E-state index is 0. The molecule has 2 aromatic carbocycles. The molecule has 2 aromatic rings. The lowest BCUT2D eigenvalue weighted by Gasteiger charge is -2.12. The molecule has 0 aliphatic heterocycles. The molecule has 0 atom stereocenters. The van der Waals surface area contributed by atoms with Crippen LogP contribution in [0.2, 0.25) is 0 Å². The van der Waals surface area contributed by atoms with E-state index in [2.05, 4.69) is 39.9 Å². The van der Waals surface area contributed by atoms with E-state index in [0.717, 1.165) is 5.56 Å². The minimum atomic E-state index is -0.375. The molecule has 0 bridgehead atoms. The number of para-hydroxylation sites is 1. The average molecular weight is 440 g/mol. The van der Waals surface area contributed by atoms with Crippen molar-refractivity contribution in [3.8, 4) is 0 Å². The number of aliphatic imine (C=N–C) groups is 1. The quantitative estimate of drug-likeness (QED) is 0.246. The summed E-state index contributed by atoms with van der Waals surface area (Å²) < 4.78 is 0. The average Bonchev–Trinajstić information content (AvgIpc) is 2.56. The fourth-order valence-electron chi connectivity index (χ4n) is 2.13. The largest absolute Gasteiger partial charge is 0.352 e. The number of hydrogen-bond acceptors (Lipinski definition) is 3. The van der Waals surface area contributed by atoms with Crippen LogP contribution >= 0.6 is 24.0 Å². The van der Waals surface area contributed by atoms with E-state index in [4.69, 9.17) is 0 Å². The maximum Gasteiger partial charge on any atom is 0.274 e. The second kappa shape index (κ2) is 9.86. The lowest BCUT2D eigenvalue weighted by Crippen LogP contribution is -2.36. The lowest BCUT2D eigenvalue weighted by molar-refractivity contribution is -0.385. The Morgan fingerprint density at radius 3 is 2.33 bits per heavy atom. The number of aryl methyl sites for hydroxylation is 1. The molecule has 0 saturated carbocycles. The second-order valence-corrected chi connectivity index (χ2v) is 5.15. The van der Waals surface area contributed by atoms with Gasteiger partial charge in [0.05, 0.1) is 4.92 Å². The van der Waals surface area contributed by atoms with Crippen LogP contribution in [0.5, 0.6) is 0 Å². The Labute approximate surface area is 158 Å². The molecule has 0 aliphatic rings. The third kappa shape index (κ3) is 5.80. The summed E-state index contributed by atoms with van der Waals surface area (Å²) in [4.78, 5) is 14.8. The van der Waals surface area contributed by atoms with Gasteiger partial charge in [-0.1, -0.05) is 48.0 Å². The van der Waals surface area contributed by atoms with Crippen molar-refractivity contribution >= 4 is 35.6 Å². The highest BCUT2D eigenvalue weighted by Gasteiger charge is 2.12. The van der Waals surface area contributed by atoms with Crippen molar-refractivity contribution in [2.24, 2.45) is 4.99 Å². The normalized spacial score (nSPS) is 10.7. The predicted octanol–water partition coefficient (Wildman–Crippen LogP) is 3.39. The summed E-state index contributed by atoms with van der Waals surface area (Å²) in [5, 5.41) is 17.3. The SMILES string of the molecule is CN=C(NCc1ccc(C)cc1)NCc1ccccc1[N+](=O)[O-].I. The van der Waals surface area contributed by atoms with Crippen molar-refractivity contribution in [1.29, 1.82) is 0 Å². The van der Waals surface area contributed by atoms with Gasteiger partial charge in [0, 0.05) is 31.8 Å².